The summed E-state index contributed by atoms with van der Waals surface area (Å²) in [5.41, 5.74) is 0. The van der Waals surface area contributed by atoms with Gasteiger partial charge in [0.25, 0.3) is 0 Å². The fourth-order valence-electron chi connectivity index (χ4n) is 3.37. The largest absolute Gasteiger partial charge is 0.394 e. The van der Waals surface area contributed by atoms with Gasteiger partial charge < -0.3 is 4.98 Å². The van der Waals surface area contributed by atoms with Crippen molar-refractivity contribution in [1.82, 2.24) is 9.97 Å². The van der Waals surface area contributed by atoms with Crippen LogP contribution in [0.25, 0.3) is 0 Å². The Morgan fingerprint density at radius 2 is 1.96 bits per heavy atom. The minimum atomic E-state index is -4.67. The summed E-state index contributed by atoms with van der Waals surface area (Å²) in [6.07, 6.45) is 17.8. The molecule has 1 saturated carbocycles. The van der Waals surface area contributed by atoms with Gasteiger partial charge in [0, 0.05) is 18.8 Å². The summed E-state index contributed by atoms with van der Waals surface area (Å²) in [6, 6.07) is 0. The van der Waals surface area contributed by atoms with Crippen molar-refractivity contribution < 1.29 is 17.5 Å². The van der Waals surface area contributed by atoms with E-state index in [0.717, 1.165) is 18.3 Å². The summed E-state index contributed by atoms with van der Waals surface area (Å²) in [6.45, 7) is 2.30. The molecule has 1 unspecified atom stereocenters. The minimum Gasteiger partial charge on any atom is -0.349 e. The Morgan fingerprint density at radius 3 is 2.48 bits per heavy atom. The summed E-state index contributed by atoms with van der Waals surface area (Å²) in [4.78, 5) is 7.67. The van der Waals surface area contributed by atoms with Gasteiger partial charge in [-0.25, -0.2) is 4.98 Å². The second-order valence-electron chi connectivity index (χ2n) is 6.44. The van der Waals surface area contributed by atoms with Gasteiger partial charge in [0.2, 0.25) is 0 Å². The number of rotatable bonds is 7. The number of aromatic nitrogens is 2. The van der Waals surface area contributed by atoms with E-state index in [9.17, 15) is 0 Å². The zero-order chi connectivity index (χ0) is 17.1. The fourth-order valence-corrected chi connectivity index (χ4v) is 3.37. The monoisotopic (exact) mass is 346 g/mol. The van der Waals surface area contributed by atoms with Crippen molar-refractivity contribution in [3.05, 3.63) is 18.2 Å². The van der Waals surface area contributed by atoms with Crippen LogP contribution in [0.15, 0.2) is 12.4 Å². The molecule has 0 saturated heterocycles. The first-order chi connectivity index (χ1) is 10.9. The Kier molecular flexibility index (Phi) is 9.43. The van der Waals surface area contributed by atoms with E-state index < -0.39 is 10.4 Å². The van der Waals surface area contributed by atoms with E-state index in [2.05, 4.69) is 16.9 Å². The van der Waals surface area contributed by atoms with Crippen LogP contribution < -0.4 is 0 Å². The van der Waals surface area contributed by atoms with Gasteiger partial charge in [-0.15, -0.1) is 0 Å². The molecular formula is C16H30N2O4S. The van der Waals surface area contributed by atoms with Crippen molar-refractivity contribution >= 4 is 10.4 Å². The third-order valence-electron chi connectivity index (χ3n) is 4.39. The predicted octanol–water partition coefficient (Wildman–Crippen LogP) is 4.08. The number of nitrogens with zero attached hydrogens (tertiary/aromatic N) is 1. The summed E-state index contributed by atoms with van der Waals surface area (Å²) in [5.74, 6) is 3.03. The molecule has 1 atom stereocenters. The van der Waals surface area contributed by atoms with E-state index in [1.165, 1.54) is 63.6 Å². The van der Waals surface area contributed by atoms with Crippen LogP contribution in [-0.2, 0) is 16.8 Å². The molecule has 2 rings (SSSR count). The topological polar surface area (TPSA) is 103 Å². The van der Waals surface area contributed by atoms with Gasteiger partial charge in [0.05, 0.1) is 0 Å². The molecule has 1 aliphatic rings. The van der Waals surface area contributed by atoms with E-state index in [4.69, 9.17) is 17.5 Å². The standard InChI is InChI=1S/C16H28N2.H2O4S/c1-2-3-7-15(13-16-17-10-11-18-16)12-14-8-5-4-6-9-14;1-5(2,3)4/h10-11,14-15H,2-9,12-13H2,1H3,(H,17,18);(H2,1,2,3,4). The Balaban J connectivity index is 0.000000463. The number of aromatic amines is 1. The van der Waals surface area contributed by atoms with Crippen LogP contribution in [-0.4, -0.2) is 27.5 Å². The van der Waals surface area contributed by atoms with E-state index in [1.54, 1.807) is 0 Å². The number of hydrogen-bond donors (Lipinski definition) is 3. The highest BCUT2D eigenvalue weighted by atomic mass is 32.3. The predicted molar refractivity (Wildman–Crippen MR) is 90.7 cm³/mol. The lowest BCUT2D eigenvalue weighted by Crippen LogP contribution is -2.15. The summed E-state index contributed by atoms with van der Waals surface area (Å²) in [7, 11) is -4.67. The van der Waals surface area contributed by atoms with E-state index in [1.807, 2.05) is 12.4 Å². The fraction of sp³-hybridized carbons (Fsp3) is 0.812. The quantitative estimate of drug-likeness (QED) is 0.646. The van der Waals surface area contributed by atoms with E-state index in [-0.39, 0.29) is 0 Å². The molecule has 0 aromatic carbocycles. The molecule has 134 valence electrons. The van der Waals surface area contributed by atoms with Crippen LogP contribution in [0.3, 0.4) is 0 Å². The normalized spacial score (nSPS) is 17.3. The first kappa shape index (κ1) is 20.1. The SMILES string of the molecule is CCCCC(Cc1ncc[nH]1)CC1CCCCC1.O=S(=O)(O)O. The molecule has 1 heterocycles. The maximum Gasteiger partial charge on any atom is 0.394 e. The van der Waals surface area contributed by atoms with Gasteiger partial charge in [0.15, 0.2) is 0 Å². The lowest BCUT2D eigenvalue weighted by molar-refractivity contribution is 0.273. The van der Waals surface area contributed by atoms with Gasteiger partial charge in [-0.2, -0.15) is 8.42 Å². The molecule has 1 aromatic heterocycles. The first-order valence-electron chi connectivity index (χ1n) is 8.56. The molecule has 1 aromatic rings. The molecule has 7 heteroatoms. The highest BCUT2D eigenvalue weighted by Gasteiger charge is 2.19. The molecule has 0 spiro atoms. The van der Waals surface area contributed by atoms with E-state index in [0.29, 0.717) is 0 Å². The van der Waals surface area contributed by atoms with Crippen LogP contribution in [0.1, 0.15) is 70.5 Å². The van der Waals surface area contributed by atoms with Crippen LogP contribution in [0.4, 0.5) is 0 Å². The molecule has 3 N–H and O–H groups in total. The third kappa shape index (κ3) is 11.3. The van der Waals surface area contributed by atoms with Crippen molar-refractivity contribution in [2.24, 2.45) is 11.8 Å². The van der Waals surface area contributed by atoms with Gasteiger partial charge in [-0.3, -0.25) is 9.11 Å². The Morgan fingerprint density at radius 1 is 1.30 bits per heavy atom. The molecule has 1 aliphatic carbocycles. The van der Waals surface area contributed by atoms with Crippen molar-refractivity contribution in [3.8, 4) is 0 Å². The summed E-state index contributed by atoms with van der Waals surface area (Å²) < 4.78 is 31.6. The number of imidazole rings is 1. The van der Waals surface area contributed by atoms with Gasteiger partial charge in [0.1, 0.15) is 5.82 Å². The summed E-state index contributed by atoms with van der Waals surface area (Å²) >= 11 is 0. The van der Waals surface area contributed by atoms with Crippen molar-refractivity contribution in [2.45, 2.75) is 71.1 Å². The molecule has 0 radical (unpaired) electrons. The van der Waals surface area contributed by atoms with Crippen molar-refractivity contribution in [2.75, 3.05) is 0 Å². The number of nitrogens with one attached hydrogen (secondary N) is 1. The molecule has 6 nitrogen and oxygen atoms in total. The lowest BCUT2D eigenvalue weighted by atomic mass is 9.80. The van der Waals surface area contributed by atoms with Crippen molar-refractivity contribution in [3.63, 3.8) is 0 Å². The molecule has 0 amide bonds. The van der Waals surface area contributed by atoms with Crippen LogP contribution in [0.5, 0.6) is 0 Å². The maximum atomic E-state index is 8.74. The highest BCUT2D eigenvalue weighted by molar-refractivity contribution is 7.79. The Labute approximate surface area is 139 Å². The molecule has 0 aliphatic heterocycles. The highest BCUT2D eigenvalue weighted by Crippen LogP contribution is 2.31. The van der Waals surface area contributed by atoms with Crippen LogP contribution in [0, 0.1) is 11.8 Å². The maximum absolute atomic E-state index is 8.74. The number of unbranched alkanes of at least 4 members (excludes halogenated alkanes) is 1. The van der Waals surface area contributed by atoms with Crippen LogP contribution in [0.2, 0.25) is 0 Å². The van der Waals surface area contributed by atoms with E-state index >= 15 is 0 Å². The van der Waals surface area contributed by atoms with Gasteiger partial charge in [-0.1, -0.05) is 58.3 Å². The smallest absolute Gasteiger partial charge is 0.349 e. The molecule has 0 bridgehead atoms. The number of hydrogen-bond acceptors (Lipinski definition) is 3. The average Bonchev–Trinajstić information content (AvgIpc) is 2.97. The van der Waals surface area contributed by atoms with Gasteiger partial charge >= 0.3 is 10.4 Å². The molecule has 1 fully saturated rings. The summed E-state index contributed by atoms with van der Waals surface area (Å²) in [5, 5.41) is 0. The van der Waals surface area contributed by atoms with Crippen LogP contribution >= 0.6 is 0 Å². The zero-order valence-electron chi connectivity index (χ0n) is 13.9. The third-order valence-corrected chi connectivity index (χ3v) is 4.39. The average molecular weight is 346 g/mol. The molecule has 23 heavy (non-hydrogen) atoms. The minimum absolute atomic E-state index is 0.846. The van der Waals surface area contributed by atoms with Gasteiger partial charge in [-0.05, 0) is 18.3 Å². The zero-order valence-corrected chi connectivity index (χ0v) is 14.8. The molecular weight excluding hydrogens is 316 g/mol. The second-order valence-corrected chi connectivity index (χ2v) is 7.33. The second kappa shape index (κ2) is 10.8. The number of H-pyrrole nitrogens is 1. The van der Waals surface area contributed by atoms with Crippen molar-refractivity contribution in [1.29, 1.82) is 0 Å². The lowest BCUT2D eigenvalue weighted by Gasteiger charge is -2.26. The Bertz CT molecular complexity index is 488. The Hall–Kier alpha value is -0.920. The first-order valence-corrected chi connectivity index (χ1v) is 9.96.